The molecule has 0 spiro atoms. The van der Waals surface area contributed by atoms with Gasteiger partial charge in [0, 0.05) is 17.4 Å². The third kappa shape index (κ3) is 3.91. The van der Waals surface area contributed by atoms with E-state index in [1.807, 2.05) is 12.1 Å². The number of rotatable bonds is 5. The van der Waals surface area contributed by atoms with Crippen LogP contribution in [0.15, 0.2) is 22.7 Å². The molecule has 0 aliphatic rings. The van der Waals surface area contributed by atoms with Crippen LogP contribution in [-0.4, -0.2) is 12.5 Å². The molecule has 5 heteroatoms. The smallest absolute Gasteiger partial charge is 0.217 e. The van der Waals surface area contributed by atoms with E-state index in [1.54, 1.807) is 6.07 Å². The molecule has 1 aromatic carbocycles. The van der Waals surface area contributed by atoms with Crippen LogP contribution >= 0.6 is 15.9 Å². The minimum Gasteiger partial charge on any atom is -0.384 e. The number of nitrogens with zero attached hydrogens (tertiary/aromatic N) is 1. The predicted molar refractivity (Wildman–Crippen MR) is 65.8 cm³/mol. The minimum atomic E-state index is -0.309. The highest BCUT2D eigenvalue weighted by molar-refractivity contribution is 9.10. The largest absolute Gasteiger partial charge is 0.384 e. The number of hydrogen-bond acceptors (Lipinski definition) is 3. The third-order valence-corrected chi connectivity index (χ3v) is 2.51. The summed E-state index contributed by atoms with van der Waals surface area (Å²) in [5, 5.41) is 12.0. The fourth-order valence-corrected chi connectivity index (χ4v) is 1.61. The summed E-state index contributed by atoms with van der Waals surface area (Å²) < 4.78 is 0.906. The number of benzene rings is 1. The number of carbonyl (C=O) groups is 1. The van der Waals surface area contributed by atoms with Crippen molar-refractivity contribution in [3.05, 3.63) is 28.2 Å². The number of halogens is 1. The lowest BCUT2D eigenvalue weighted by molar-refractivity contribution is -0.118. The standard InChI is InChI=1S/C11H12BrN3O/c12-9-4-3-8(7-13)10(6-9)15-5-1-2-11(14)16/h3-4,6,15H,1-2,5H2,(H2,14,16). The van der Waals surface area contributed by atoms with Crippen molar-refractivity contribution in [1.82, 2.24) is 0 Å². The van der Waals surface area contributed by atoms with Crippen molar-refractivity contribution < 1.29 is 4.79 Å². The monoisotopic (exact) mass is 281 g/mol. The lowest BCUT2D eigenvalue weighted by atomic mass is 10.2. The van der Waals surface area contributed by atoms with Crippen LogP contribution in [0.4, 0.5) is 5.69 Å². The summed E-state index contributed by atoms with van der Waals surface area (Å²) in [6.45, 7) is 0.619. The van der Waals surface area contributed by atoms with Gasteiger partial charge in [0.05, 0.1) is 11.3 Å². The van der Waals surface area contributed by atoms with Crippen molar-refractivity contribution in [2.45, 2.75) is 12.8 Å². The maximum Gasteiger partial charge on any atom is 0.217 e. The first-order chi connectivity index (χ1) is 7.63. The molecule has 4 nitrogen and oxygen atoms in total. The Bertz CT molecular complexity index is 426. The van der Waals surface area contributed by atoms with Crippen LogP contribution in [0.1, 0.15) is 18.4 Å². The highest BCUT2D eigenvalue weighted by Crippen LogP contribution is 2.20. The maximum atomic E-state index is 10.5. The zero-order chi connectivity index (χ0) is 12.0. The molecule has 1 aromatic rings. The van der Waals surface area contributed by atoms with Crippen molar-refractivity contribution in [3.8, 4) is 6.07 Å². The molecule has 84 valence electrons. The normalized spacial score (nSPS) is 9.50. The highest BCUT2D eigenvalue weighted by atomic mass is 79.9. The number of carbonyl (C=O) groups excluding carboxylic acids is 1. The van der Waals surface area contributed by atoms with Crippen LogP contribution in [0.5, 0.6) is 0 Å². The molecule has 0 aromatic heterocycles. The molecule has 0 heterocycles. The van der Waals surface area contributed by atoms with Crippen molar-refractivity contribution in [1.29, 1.82) is 5.26 Å². The lowest BCUT2D eigenvalue weighted by Gasteiger charge is -2.07. The van der Waals surface area contributed by atoms with Crippen LogP contribution in [0, 0.1) is 11.3 Å². The summed E-state index contributed by atoms with van der Waals surface area (Å²) in [5.74, 6) is -0.309. The van der Waals surface area contributed by atoms with Gasteiger partial charge in [-0.2, -0.15) is 5.26 Å². The van der Waals surface area contributed by atoms with E-state index in [2.05, 4.69) is 27.3 Å². The van der Waals surface area contributed by atoms with Crippen LogP contribution < -0.4 is 11.1 Å². The summed E-state index contributed by atoms with van der Waals surface area (Å²) in [6.07, 6.45) is 1.01. The number of nitriles is 1. The van der Waals surface area contributed by atoms with Gasteiger partial charge in [-0.25, -0.2) is 0 Å². The molecule has 3 N–H and O–H groups in total. The maximum absolute atomic E-state index is 10.5. The van der Waals surface area contributed by atoms with Gasteiger partial charge in [-0.3, -0.25) is 4.79 Å². The van der Waals surface area contributed by atoms with Gasteiger partial charge in [-0.1, -0.05) is 15.9 Å². The van der Waals surface area contributed by atoms with E-state index in [-0.39, 0.29) is 5.91 Å². The van der Waals surface area contributed by atoms with E-state index >= 15 is 0 Å². The molecule has 0 aliphatic carbocycles. The van der Waals surface area contributed by atoms with Gasteiger partial charge >= 0.3 is 0 Å². The Morgan fingerprint density at radius 2 is 2.31 bits per heavy atom. The molecule has 0 saturated heterocycles. The average molecular weight is 282 g/mol. The Balaban J connectivity index is 2.56. The SMILES string of the molecule is N#Cc1ccc(Br)cc1NCCCC(N)=O. The molecule has 1 amide bonds. The second-order valence-corrected chi connectivity index (χ2v) is 4.21. The molecule has 0 aliphatic heterocycles. The number of nitrogens with one attached hydrogen (secondary N) is 1. The number of nitrogens with two attached hydrogens (primary N) is 1. The van der Waals surface area contributed by atoms with Crippen LogP contribution in [0.3, 0.4) is 0 Å². The van der Waals surface area contributed by atoms with Crippen molar-refractivity contribution in [3.63, 3.8) is 0 Å². The number of amides is 1. The van der Waals surface area contributed by atoms with Gasteiger partial charge in [0.2, 0.25) is 5.91 Å². The van der Waals surface area contributed by atoms with Gasteiger partial charge in [-0.05, 0) is 24.6 Å². The van der Waals surface area contributed by atoms with Gasteiger partial charge in [0.1, 0.15) is 6.07 Å². The Labute approximate surface area is 103 Å². The Hall–Kier alpha value is -1.54. The average Bonchev–Trinajstić information content (AvgIpc) is 2.24. The van der Waals surface area contributed by atoms with E-state index in [0.717, 1.165) is 10.2 Å². The van der Waals surface area contributed by atoms with Crippen LogP contribution in [0.2, 0.25) is 0 Å². The molecule has 0 saturated carbocycles. The van der Waals surface area contributed by atoms with E-state index in [0.29, 0.717) is 24.9 Å². The fourth-order valence-electron chi connectivity index (χ4n) is 1.25. The summed E-state index contributed by atoms with van der Waals surface area (Å²) in [7, 11) is 0. The highest BCUT2D eigenvalue weighted by Gasteiger charge is 2.02. The Kier molecular flexibility index (Phi) is 4.80. The molecule has 0 atom stereocenters. The molecule has 16 heavy (non-hydrogen) atoms. The van der Waals surface area contributed by atoms with Gasteiger partial charge in [0.15, 0.2) is 0 Å². The first kappa shape index (κ1) is 12.5. The van der Waals surface area contributed by atoms with Gasteiger partial charge in [0.25, 0.3) is 0 Å². The van der Waals surface area contributed by atoms with E-state index < -0.39 is 0 Å². The third-order valence-electron chi connectivity index (χ3n) is 2.02. The van der Waals surface area contributed by atoms with E-state index in [4.69, 9.17) is 11.0 Å². The summed E-state index contributed by atoms with van der Waals surface area (Å²) >= 11 is 3.33. The molecule has 0 fully saturated rings. The topological polar surface area (TPSA) is 78.9 Å². The molecular formula is C11H12BrN3O. The molecular weight excluding hydrogens is 270 g/mol. The zero-order valence-electron chi connectivity index (χ0n) is 8.66. The second-order valence-electron chi connectivity index (χ2n) is 3.30. The van der Waals surface area contributed by atoms with Gasteiger partial charge < -0.3 is 11.1 Å². The molecule has 1 rings (SSSR count). The molecule has 0 radical (unpaired) electrons. The van der Waals surface area contributed by atoms with Crippen LogP contribution in [-0.2, 0) is 4.79 Å². The van der Waals surface area contributed by atoms with Crippen LogP contribution in [0.25, 0.3) is 0 Å². The first-order valence-corrected chi connectivity index (χ1v) is 5.64. The summed E-state index contributed by atoms with van der Waals surface area (Å²) in [4.78, 5) is 10.5. The van der Waals surface area contributed by atoms with Crippen molar-refractivity contribution in [2.75, 3.05) is 11.9 Å². The minimum absolute atomic E-state index is 0.309. The number of primary amides is 1. The molecule has 0 bridgehead atoms. The van der Waals surface area contributed by atoms with Crippen molar-refractivity contribution in [2.24, 2.45) is 5.73 Å². The van der Waals surface area contributed by atoms with Crippen molar-refractivity contribution >= 4 is 27.5 Å². The van der Waals surface area contributed by atoms with E-state index in [9.17, 15) is 4.79 Å². The molecule has 0 unspecified atom stereocenters. The quantitative estimate of drug-likeness (QED) is 0.811. The number of anilines is 1. The van der Waals surface area contributed by atoms with E-state index in [1.165, 1.54) is 0 Å². The number of hydrogen-bond donors (Lipinski definition) is 2. The lowest BCUT2D eigenvalue weighted by Crippen LogP contribution is -2.12. The summed E-state index contributed by atoms with van der Waals surface area (Å²) in [5.41, 5.74) is 6.38. The fraction of sp³-hybridized carbons (Fsp3) is 0.273. The van der Waals surface area contributed by atoms with Gasteiger partial charge in [-0.15, -0.1) is 0 Å². The predicted octanol–water partition coefficient (Wildman–Crippen LogP) is 2.00. The second kappa shape index (κ2) is 6.13. The Morgan fingerprint density at radius 3 is 2.94 bits per heavy atom. The Morgan fingerprint density at radius 1 is 1.56 bits per heavy atom. The zero-order valence-corrected chi connectivity index (χ0v) is 10.3. The first-order valence-electron chi connectivity index (χ1n) is 4.85. The summed E-state index contributed by atoms with van der Waals surface area (Å²) in [6, 6.07) is 7.48.